The summed E-state index contributed by atoms with van der Waals surface area (Å²) >= 11 is 0. The summed E-state index contributed by atoms with van der Waals surface area (Å²) in [7, 11) is 0. The number of halogens is 1. The second kappa shape index (κ2) is 4.57. The molecule has 0 spiro atoms. The Morgan fingerprint density at radius 3 is 2.68 bits per heavy atom. The highest BCUT2D eigenvalue weighted by Crippen LogP contribution is 2.17. The molecule has 2 N–H and O–H groups in total. The lowest BCUT2D eigenvalue weighted by atomic mass is 10.2. The van der Waals surface area contributed by atoms with Gasteiger partial charge in [0.05, 0.1) is 0 Å². The fourth-order valence-corrected chi connectivity index (χ4v) is 1.96. The van der Waals surface area contributed by atoms with Crippen LogP contribution in [0.25, 0.3) is 10.9 Å². The lowest BCUT2D eigenvalue weighted by Crippen LogP contribution is -2.11. The standard InChI is InChI=1S/C15H11FN2O/c16-11-5-3-6-12(9-11)17-14-8-10-4-1-2-7-13(10)18-15(14)19/h1-9,17H,(H,18,19). The van der Waals surface area contributed by atoms with Gasteiger partial charge in [0.2, 0.25) is 0 Å². The van der Waals surface area contributed by atoms with E-state index in [0.717, 1.165) is 10.9 Å². The van der Waals surface area contributed by atoms with Gasteiger partial charge in [-0.05, 0) is 30.3 Å². The highest BCUT2D eigenvalue weighted by molar-refractivity contribution is 5.82. The molecule has 3 rings (SSSR count). The van der Waals surface area contributed by atoms with E-state index in [-0.39, 0.29) is 11.4 Å². The minimum absolute atomic E-state index is 0.233. The summed E-state index contributed by atoms with van der Waals surface area (Å²) in [4.78, 5) is 14.7. The van der Waals surface area contributed by atoms with E-state index >= 15 is 0 Å². The van der Waals surface area contributed by atoms with Crippen molar-refractivity contribution in [2.24, 2.45) is 0 Å². The molecule has 94 valence electrons. The van der Waals surface area contributed by atoms with Crippen LogP contribution in [-0.2, 0) is 0 Å². The average molecular weight is 254 g/mol. The van der Waals surface area contributed by atoms with Crippen molar-refractivity contribution in [2.45, 2.75) is 0 Å². The number of para-hydroxylation sites is 1. The third kappa shape index (κ3) is 2.33. The second-order valence-electron chi connectivity index (χ2n) is 4.23. The number of hydrogen-bond donors (Lipinski definition) is 2. The van der Waals surface area contributed by atoms with Crippen molar-refractivity contribution in [1.29, 1.82) is 0 Å². The predicted molar refractivity (Wildman–Crippen MR) is 74.3 cm³/mol. The smallest absolute Gasteiger partial charge is 0.272 e. The molecule has 0 atom stereocenters. The molecule has 0 saturated carbocycles. The average Bonchev–Trinajstić information content (AvgIpc) is 2.40. The Morgan fingerprint density at radius 1 is 1.00 bits per heavy atom. The number of pyridine rings is 1. The van der Waals surface area contributed by atoms with Crippen molar-refractivity contribution >= 4 is 22.3 Å². The highest BCUT2D eigenvalue weighted by Gasteiger charge is 2.03. The molecule has 4 heteroatoms. The van der Waals surface area contributed by atoms with Gasteiger partial charge in [-0.3, -0.25) is 4.79 Å². The Kier molecular flexibility index (Phi) is 2.76. The van der Waals surface area contributed by atoms with Crippen LogP contribution in [0.15, 0.2) is 59.4 Å². The number of hydrogen-bond acceptors (Lipinski definition) is 2. The van der Waals surface area contributed by atoms with Crippen molar-refractivity contribution < 1.29 is 4.39 Å². The zero-order chi connectivity index (χ0) is 13.2. The summed E-state index contributed by atoms with van der Waals surface area (Å²) in [5.41, 5.74) is 1.48. The van der Waals surface area contributed by atoms with Crippen molar-refractivity contribution in [3.8, 4) is 0 Å². The van der Waals surface area contributed by atoms with E-state index in [4.69, 9.17) is 0 Å². The predicted octanol–water partition coefficient (Wildman–Crippen LogP) is 3.41. The van der Waals surface area contributed by atoms with Crippen LogP contribution in [0.4, 0.5) is 15.8 Å². The number of H-pyrrole nitrogens is 1. The molecule has 0 aliphatic rings. The highest BCUT2D eigenvalue weighted by atomic mass is 19.1. The fourth-order valence-electron chi connectivity index (χ4n) is 1.96. The molecule has 1 aromatic heterocycles. The summed E-state index contributed by atoms with van der Waals surface area (Å²) in [5, 5.41) is 3.84. The molecule has 0 amide bonds. The van der Waals surface area contributed by atoms with Crippen LogP contribution in [0.3, 0.4) is 0 Å². The summed E-state index contributed by atoms with van der Waals surface area (Å²) in [6.45, 7) is 0. The minimum atomic E-state index is -0.345. The summed E-state index contributed by atoms with van der Waals surface area (Å²) < 4.78 is 13.1. The van der Waals surface area contributed by atoms with Crippen LogP contribution in [0, 0.1) is 5.82 Å². The van der Waals surface area contributed by atoms with Crippen molar-refractivity contribution in [3.63, 3.8) is 0 Å². The molecule has 0 aliphatic carbocycles. The molecule has 2 aromatic carbocycles. The third-order valence-electron chi connectivity index (χ3n) is 2.86. The van der Waals surface area contributed by atoms with E-state index in [2.05, 4.69) is 10.3 Å². The van der Waals surface area contributed by atoms with Crippen molar-refractivity contribution in [3.05, 3.63) is 70.8 Å². The van der Waals surface area contributed by atoms with Crippen molar-refractivity contribution in [1.82, 2.24) is 4.98 Å². The SMILES string of the molecule is O=c1[nH]c2ccccc2cc1Nc1cccc(F)c1. The molecule has 0 unspecified atom stereocenters. The Balaban J connectivity index is 2.05. The maximum atomic E-state index is 13.1. The van der Waals surface area contributed by atoms with Gasteiger partial charge in [-0.25, -0.2) is 4.39 Å². The first-order chi connectivity index (χ1) is 9.22. The van der Waals surface area contributed by atoms with Gasteiger partial charge in [0.1, 0.15) is 11.5 Å². The van der Waals surface area contributed by atoms with Gasteiger partial charge >= 0.3 is 0 Å². The van der Waals surface area contributed by atoms with Gasteiger partial charge in [-0.15, -0.1) is 0 Å². The lowest BCUT2D eigenvalue weighted by molar-refractivity contribution is 0.628. The number of fused-ring (bicyclic) bond motifs is 1. The van der Waals surface area contributed by atoms with Gasteiger partial charge in [0.25, 0.3) is 5.56 Å². The Bertz CT molecular complexity index is 795. The van der Waals surface area contributed by atoms with Crippen molar-refractivity contribution in [2.75, 3.05) is 5.32 Å². The molecular formula is C15H11FN2O. The molecule has 0 aliphatic heterocycles. The van der Waals surface area contributed by atoms with Gasteiger partial charge in [0, 0.05) is 16.6 Å². The van der Waals surface area contributed by atoms with Crippen LogP contribution in [0.2, 0.25) is 0 Å². The number of aromatic amines is 1. The maximum Gasteiger partial charge on any atom is 0.272 e. The number of rotatable bonds is 2. The number of benzene rings is 2. The Labute approximate surface area is 108 Å². The number of nitrogens with one attached hydrogen (secondary N) is 2. The topological polar surface area (TPSA) is 44.9 Å². The molecule has 1 heterocycles. The monoisotopic (exact) mass is 254 g/mol. The first kappa shape index (κ1) is 11.5. The van der Waals surface area contributed by atoms with Gasteiger partial charge < -0.3 is 10.3 Å². The van der Waals surface area contributed by atoms with E-state index in [0.29, 0.717) is 11.4 Å². The molecule has 3 nitrogen and oxygen atoms in total. The molecular weight excluding hydrogens is 243 g/mol. The summed E-state index contributed by atoms with van der Waals surface area (Å²) in [6, 6.07) is 15.2. The first-order valence-electron chi connectivity index (χ1n) is 5.87. The summed E-state index contributed by atoms with van der Waals surface area (Å²) in [5.74, 6) is -0.345. The van der Waals surface area contributed by atoms with Crippen LogP contribution < -0.4 is 10.9 Å². The second-order valence-corrected chi connectivity index (χ2v) is 4.23. The fraction of sp³-hybridized carbons (Fsp3) is 0. The zero-order valence-corrected chi connectivity index (χ0v) is 9.98. The number of anilines is 2. The first-order valence-corrected chi connectivity index (χ1v) is 5.87. The van der Waals surface area contributed by atoms with Crippen LogP contribution in [0.1, 0.15) is 0 Å². The van der Waals surface area contributed by atoms with Crippen LogP contribution in [-0.4, -0.2) is 4.98 Å². The summed E-state index contributed by atoms with van der Waals surface area (Å²) in [6.07, 6.45) is 0. The van der Waals surface area contributed by atoms with E-state index in [1.807, 2.05) is 24.3 Å². The van der Waals surface area contributed by atoms with Crippen LogP contribution >= 0.6 is 0 Å². The molecule has 0 saturated heterocycles. The van der Waals surface area contributed by atoms with Crippen LogP contribution in [0.5, 0.6) is 0 Å². The van der Waals surface area contributed by atoms with E-state index in [9.17, 15) is 9.18 Å². The molecule has 0 radical (unpaired) electrons. The molecule has 3 aromatic rings. The largest absolute Gasteiger partial charge is 0.351 e. The lowest BCUT2D eigenvalue weighted by Gasteiger charge is -2.06. The van der Waals surface area contributed by atoms with E-state index in [1.54, 1.807) is 18.2 Å². The number of aromatic nitrogens is 1. The van der Waals surface area contributed by atoms with Gasteiger partial charge in [-0.2, -0.15) is 0 Å². The maximum absolute atomic E-state index is 13.1. The van der Waals surface area contributed by atoms with E-state index < -0.39 is 0 Å². The Morgan fingerprint density at radius 2 is 1.84 bits per heavy atom. The molecule has 0 bridgehead atoms. The van der Waals surface area contributed by atoms with Gasteiger partial charge in [0.15, 0.2) is 0 Å². The minimum Gasteiger partial charge on any atom is -0.351 e. The van der Waals surface area contributed by atoms with Gasteiger partial charge in [-0.1, -0.05) is 24.3 Å². The van der Waals surface area contributed by atoms with E-state index in [1.165, 1.54) is 12.1 Å². The Hall–Kier alpha value is -2.62. The molecule has 0 fully saturated rings. The normalized spacial score (nSPS) is 10.6. The zero-order valence-electron chi connectivity index (χ0n) is 9.98. The molecule has 19 heavy (non-hydrogen) atoms. The quantitative estimate of drug-likeness (QED) is 0.736. The third-order valence-corrected chi connectivity index (χ3v) is 2.86.